The highest BCUT2D eigenvalue weighted by Gasteiger charge is 2.45. The largest absolute Gasteiger partial charge is 0.496 e. The van der Waals surface area contributed by atoms with E-state index in [4.69, 9.17) is 4.74 Å². The summed E-state index contributed by atoms with van der Waals surface area (Å²) >= 11 is 0. The summed E-state index contributed by atoms with van der Waals surface area (Å²) in [5.74, 6) is -0.733. The number of ether oxygens (including phenoxy) is 1. The van der Waals surface area contributed by atoms with Crippen LogP contribution < -0.4 is 10.1 Å². The van der Waals surface area contributed by atoms with Gasteiger partial charge < -0.3 is 15.2 Å². The predicted octanol–water partition coefficient (Wildman–Crippen LogP) is 3.64. The smallest absolute Gasteiger partial charge is 0.330 e. The van der Waals surface area contributed by atoms with Crippen molar-refractivity contribution in [2.45, 2.75) is 24.8 Å². The number of amides is 1. The van der Waals surface area contributed by atoms with E-state index >= 15 is 0 Å². The van der Waals surface area contributed by atoms with Crippen LogP contribution in [0.25, 0.3) is 0 Å². The van der Waals surface area contributed by atoms with E-state index in [-0.39, 0.29) is 12.8 Å². The molecule has 1 aliphatic rings. The monoisotopic (exact) mass is 401 g/mol. The average Bonchev–Trinajstić information content (AvgIpc) is 3.14. The fourth-order valence-corrected chi connectivity index (χ4v) is 4.07. The Morgan fingerprint density at radius 1 is 0.967 bits per heavy atom. The molecule has 0 atom stereocenters. The molecule has 1 aliphatic carbocycles. The number of carboxylic acids is 1. The second kappa shape index (κ2) is 8.03. The Kier molecular flexibility index (Phi) is 5.27. The van der Waals surface area contributed by atoms with Gasteiger partial charge in [-0.1, -0.05) is 54.6 Å². The van der Waals surface area contributed by atoms with Gasteiger partial charge in [0.15, 0.2) is 0 Å². The molecule has 5 heteroatoms. The molecule has 0 heterocycles. The van der Waals surface area contributed by atoms with Crippen LogP contribution in [-0.4, -0.2) is 29.6 Å². The van der Waals surface area contributed by atoms with E-state index in [9.17, 15) is 14.7 Å². The molecule has 0 spiro atoms. The van der Waals surface area contributed by atoms with Crippen molar-refractivity contribution in [3.8, 4) is 5.75 Å². The van der Waals surface area contributed by atoms with Gasteiger partial charge in [0.05, 0.1) is 7.11 Å². The van der Waals surface area contributed by atoms with Crippen molar-refractivity contribution in [1.29, 1.82) is 0 Å². The van der Waals surface area contributed by atoms with E-state index in [0.29, 0.717) is 17.7 Å². The number of fused-ring (bicyclic) bond motifs is 1. The standard InChI is InChI=1S/C25H23NO4/c1-30-22-12-11-18(14-21(22)13-17-7-3-2-4-8-17)23(27)26-25(24(28)29)15-19-9-5-6-10-20(19)16-25/h2-12,14H,13,15-16H2,1H3,(H,26,27)(H,28,29). The van der Waals surface area contributed by atoms with Crippen LogP contribution in [0.4, 0.5) is 0 Å². The van der Waals surface area contributed by atoms with Gasteiger partial charge in [-0.05, 0) is 40.5 Å². The van der Waals surface area contributed by atoms with Crippen LogP contribution in [-0.2, 0) is 24.1 Å². The van der Waals surface area contributed by atoms with Crippen LogP contribution in [0.5, 0.6) is 5.75 Å². The summed E-state index contributed by atoms with van der Waals surface area (Å²) in [6.07, 6.45) is 1.16. The van der Waals surface area contributed by atoms with Crippen molar-refractivity contribution in [2.75, 3.05) is 7.11 Å². The maximum Gasteiger partial charge on any atom is 0.330 e. The molecule has 30 heavy (non-hydrogen) atoms. The molecule has 1 amide bonds. The minimum absolute atomic E-state index is 0.275. The number of carbonyl (C=O) groups excluding carboxylic acids is 1. The number of nitrogens with one attached hydrogen (secondary N) is 1. The number of carbonyl (C=O) groups is 2. The quantitative estimate of drug-likeness (QED) is 0.661. The molecule has 0 saturated carbocycles. The lowest BCUT2D eigenvalue weighted by atomic mass is 9.94. The Morgan fingerprint density at radius 2 is 1.60 bits per heavy atom. The molecule has 0 saturated heterocycles. The number of hydrogen-bond donors (Lipinski definition) is 2. The van der Waals surface area contributed by atoms with Crippen molar-refractivity contribution < 1.29 is 19.4 Å². The maximum absolute atomic E-state index is 13.1. The normalized spacial score (nSPS) is 14.0. The SMILES string of the molecule is COc1ccc(C(=O)NC2(C(=O)O)Cc3ccccc3C2)cc1Cc1ccccc1. The molecule has 4 rings (SSSR count). The molecule has 5 nitrogen and oxygen atoms in total. The van der Waals surface area contributed by atoms with Crippen molar-refractivity contribution >= 4 is 11.9 Å². The zero-order valence-electron chi connectivity index (χ0n) is 16.7. The first-order chi connectivity index (χ1) is 14.5. The first-order valence-corrected chi connectivity index (χ1v) is 9.84. The van der Waals surface area contributed by atoms with Crippen molar-refractivity contribution in [2.24, 2.45) is 0 Å². The maximum atomic E-state index is 13.1. The van der Waals surface area contributed by atoms with E-state index in [1.807, 2.05) is 54.6 Å². The fourth-order valence-electron chi connectivity index (χ4n) is 4.07. The van der Waals surface area contributed by atoms with Gasteiger partial charge in [-0.2, -0.15) is 0 Å². The summed E-state index contributed by atoms with van der Waals surface area (Å²) in [6, 6.07) is 22.7. The molecule has 0 aromatic heterocycles. The highest BCUT2D eigenvalue weighted by Crippen LogP contribution is 2.31. The fraction of sp³-hybridized carbons (Fsp3) is 0.200. The predicted molar refractivity (Wildman–Crippen MR) is 114 cm³/mol. The molecular formula is C25H23NO4. The van der Waals surface area contributed by atoms with Crippen LogP contribution in [0, 0.1) is 0 Å². The van der Waals surface area contributed by atoms with Crippen molar-refractivity contribution in [3.63, 3.8) is 0 Å². The molecule has 0 unspecified atom stereocenters. The minimum atomic E-state index is -1.33. The molecule has 0 aliphatic heterocycles. The molecule has 0 bridgehead atoms. The second-order valence-corrected chi connectivity index (χ2v) is 7.65. The molecule has 0 radical (unpaired) electrons. The molecule has 152 valence electrons. The third-order valence-corrected chi connectivity index (χ3v) is 5.65. The molecule has 0 fully saturated rings. The summed E-state index contributed by atoms with van der Waals surface area (Å²) in [6.45, 7) is 0. The van der Waals surface area contributed by atoms with Crippen LogP contribution in [0.2, 0.25) is 0 Å². The summed E-state index contributed by atoms with van der Waals surface area (Å²) < 4.78 is 5.46. The second-order valence-electron chi connectivity index (χ2n) is 7.65. The number of methoxy groups -OCH3 is 1. The lowest BCUT2D eigenvalue weighted by molar-refractivity contribution is -0.144. The number of aliphatic carboxylic acids is 1. The third kappa shape index (κ3) is 3.79. The first-order valence-electron chi connectivity index (χ1n) is 9.84. The van der Waals surface area contributed by atoms with Crippen molar-refractivity contribution in [3.05, 3.63) is 101 Å². The molecule has 2 N–H and O–H groups in total. The van der Waals surface area contributed by atoms with Gasteiger partial charge in [0, 0.05) is 24.8 Å². The van der Waals surface area contributed by atoms with E-state index in [1.165, 1.54) is 0 Å². The van der Waals surface area contributed by atoms with Crippen LogP contribution in [0.3, 0.4) is 0 Å². The van der Waals surface area contributed by atoms with Gasteiger partial charge in [-0.3, -0.25) is 4.79 Å². The Morgan fingerprint density at radius 3 is 2.20 bits per heavy atom. The Bertz CT molecular complexity index is 1070. The van der Waals surface area contributed by atoms with E-state index in [1.54, 1.807) is 25.3 Å². The van der Waals surface area contributed by atoms with Crippen LogP contribution in [0.1, 0.15) is 32.6 Å². The van der Waals surface area contributed by atoms with Gasteiger partial charge in [-0.15, -0.1) is 0 Å². The number of benzene rings is 3. The zero-order chi connectivity index (χ0) is 21.1. The van der Waals surface area contributed by atoms with Gasteiger partial charge in [-0.25, -0.2) is 4.79 Å². The number of hydrogen-bond acceptors (Lipinski definition) is 3. The number of rotatable bonds is 6. The zero-order valence-corrected chi connectivity index (χ0v) is 16.7. The lowest BCUT2D eigenvalue weighted by Crippen LogP contribution is -2.55. The van der Waals surface area contributed by atoms with Crippen LogP contribution in [0.15, 0.2) is 72.8 Å². The topological polar surface area (TPSA) is 75.6 Å². The first kappa shape index (κ1) is 19.7. The van der Waals surface area contributed by atoms with Crippen LogP contribution >= 0.6 is 0 Å². The van der Waals surface area contributed by atoms with E-state index in [0.717, 1.165) is 22.3 Å². The lowest BCUT2D eigenvalue weighted by Gasteiger charge is -2.25. The highest BCUT2D eigenvalue weighted by atomic mass is 16.5. The Hall–Kier alpha value is -3.60. The summed E-state index contributed by atoms with van der Waals surface area (Å²) in [5.41, 5.74) is 2.97. The average molecular weight is 401 g/mol. The van der Waals surface area contributed by atoms with Gasteiger partial charge in [0.1, 0.15) is 11.3 Å². The summed E-state index contributed by atoms with van der Waals surface area (Å²) in [5, 5.41) is 12.7. The summed E-state index contributed by atoms with van der Waals surface area (Å²) in [7, 11) is 1.60. The molecular weight excluding hydrogens is 378 g/mol. The van der Waals surface area contributed by atoms with E-state index < -0.39 is 17.4 Å². The summed E-state index contributed by atoms with van der Waals surface area (Å²) in [4.78, 5) is 25.2. The molecule has 3 aromatic rings. The molecule has 3 aromatic carbocycles. The minimum Gasteiger partial charge on any atom is -0.496 e. The van der Waals surface area contributed by atoms with Crippen molar-refractivity contribution in [1.82, 2.24) is 5.32 Å². The van der Waals surface area contributed by atoms with Gasteiger partial charge >= 0.3 is 5.97 Å². The van der Waals surface area contributed by atoms with E-state index in [2.05, 4.69) is 5.32 Å². The van der Waals surface area contributed by atoms with Gasteiger partial charge in [0.25, 0.3) is 5.91 Å². The Labute approximate surface area is 175 Å². The van der Waals surface area contributed by atoms with Gasteiger partial charge in [0.2, 0.25) is 0 Å². The Balaban J connectivity index is 1.60. The highest BCUT2D eigenvalue weighted by molar-refractivity contribution is 5.98. The third-order valence-electron chi connectivity index (χ3n) is 5.65. The number of carboxylic acid groups (broad SMARTS) is 1.